The van der Waals surface area contributed by atoms with Gasteiger partial charge in [-0.2, -0.15) is 0 Å². The molecule has 5 heteroatoms. The Hall–Kier alpha value is -8.80. The largest absolute Gasteiger partial charge is 0.309 e. The molecule has 4 aromatic heterocycles. The predicted octanol–water partition coefficient (Wildman–Crippen LogP) is 16.0. The van der Waals surface area contributed by atoms with Gasteiger partial charge >= 0.3 is 0 Å². The summed E-state index contributed by atoms with van der Waals surface area (Å²) >= 11 is 0. The second-order valence-corrected chi connectivity index (χ2v) is 18.9. The number of para-hydroxylation sites is 5. The Morgan fingerprint density at radius 2 is 0.868 bits per heavy atom. The van der Waals surface area contributed by atoms with Crippen LogP contribution in [0.15, 0.2) is 212 Å². The lowest BCUT2D eigenvalue weighted by Gasteiger charge is -2.21. The Morgan fingerprint density at radius 3 is 1.63 bits per heavy atom. The van der Waals surface area contributed by atoms with Gasteiger partial charge in [0.15, 0.2) is 5.82 Å². The summed E-state index contributed by atoms with van der Waals surface area (Å²) in [5, 5.41) is 9.60. The van der Waals surface area contributed by atoms with Crippen LogP contribution >= 0.6 is 0 Å². The van der Waals surface area contributed by atoms with Crippen LogP contribution in [-0.2, 0) is 5.41 Å². The van der Waals surface area contributed by atoms with E-state index in [0.717, 1.165) is 72.0 Å². The summed E-state index contributed by atoms with van der Waals surface area (Å²) in [6, 6.07) is 77.4. The normalized spacial score (nSPS) is 13.3. The highest BCUT2D eigenvalue weighted by atomic mass is 15.1. The fourth-order valence-corrected chi connectivity index (χ4v) is 12.1. The summed E-state index contributed by atoms with van der Waals surface area (Å²) in [6.07, 6.45) is 0. The molecule has 0 atom stereocenters. The molecule has 0 radical (unpaired) electrons. The molecule has 0 aliphatic heterocycles. The van der Waals surface area contributed by atoms with Crippen LogP contribution < -0.4 is 0 Å². The third kappa shape index (κ3) is 4.94. The van der Waals surface area contributed by atoms with Crippen molar-refractivity contribution in [1.82, 2.24) is 23.7 Å². The third-order valence-corrected chi connectivity index (χ3v) is 15.0. The van der Waals surface area contributed by atoms with E-state index in [1.54, 1.807) is 0 Å². The maximum atomic E-state index is 5.51. The van der Waals surface area contributed by atoms with Crippen molar-refractivity contribution < 1.29 is 0 Å². The van der Waals surface area contributed by atoms with E-state index in [0.29, 0.717) is 0 Å². The van der Waals surface area contributed by atoms with Gasteiger partial charge in [-0.1, -0.05) is 159 Å². The number of benzene rings is 10. The summed E-state index contributed by atoms with van der Waals surface area (Å²) in [5.74, 6) is 0.804. The topological polar surface area (TPSA) is 40.6 Å². The van der Waals surface area contributed by atoms with Crippen LogP contribution in [0.25, 0.3) is 127 Å². The molecule has 0 saturated heterocycles. The Bertz CT molecular complexity index is 4480. The van der Waals surface area contributed by atoms with Crippen LogP contribution in [0.2, 0.25) is 0 Å². The molecule has 68 heavy (non-hydrogen) atoms. The smallest absolute Gasteiger partial charge is 0.165 e. The van der Waals surface area contributed by atoms with E-state index < -0.39 is 0 Å². The monoisotopic (exact) mass is 867 g/mol. The standard InChI is InChI=1S/C63H41N5/c1-63(2)47-25-9-5-20-41(47)46-37-39(33-34-48(46)63)66-51-28-12-7-22-44(51)59-56(66)35-36-57-60(59)45-23-8-13-29-52(45)67(57)54-31-16-32-55-58(54)43-21-6-14-30-53(43)68(55)62-61(64-49-26-10-11-27-50(49)65-62)42-24-15-18-38-17-3-4-19-40(38)42/h3-37H,1-2H3. The quantitative estimate of drug-likeness (QED) is 0.177. The molecule has 0 saturated carbocycles. The molecule has 0 bridgehead atoms. The lowest BCUT2D eigenvalue weighted by molar-refractivity contribution is 0.660. The zero-order valence-electron chi connectivity index (χ0n) is 37.4. The van der Waals surface area contributed by atoms with Gasteiger partial charge in [0.25, 0.3) is 0 Å². The van der Waals surface area contributed by atoms with Crippen LogP contribution in [0.5, 0.6) is 0 Å². The predicted molar refractivity (Wildman–Crippen MR) is 283 cm³/mol. The van der Waals surface area contributed by atoms with E-state index in [2.05, 4.69) is 228 Å². The lowest BCUT2D eigenvalue weighted by Crippen LogP contribution is -2.14. The van der Waals surface area contributed by atoms with Crippen LogP contribution in [0.3, 0.4) is 0 Å². The molecule has 318 valence electrons. The van der Waals surface area contributed by atoms with Gasteiger partial charge in [-0.3, -0.25) is 4.57 Å². The van der Waals surface area contributed by atoms with Crippen molar-refractivity contribution in [3.8, 4) is 39.6 Å². The fraction of sp³-hybridized carbons (Fsp3) is 0.0476. The summed E-state index contributed by atoms with van der Waals surface area (Å²) in [6.45, 7) is 4.70. The molecule has 0 spiro atoms. The van der Waals surface area contributed by atoms with Gasteiger partial charge in [-0.05, 0) is 99.8 Å². The maximum absolute atomic E-state index is 5.51. The first-order valence-corrected chi connectivity index (χ1v) is 23.5. The molecular formula is C63H41N5. The summed E-state index contributed by atoms with van der Waals surface area (Å²) in [7, 11) is 0. The first-order chi connectivity index (χ1) is 33.5. The van der Waals surface area contributed by atoms with Gasteiger partial charge in [0.1, 0.15) is 5.69 Å². The summed E-state index contributed by atoms with van der Waals surface area (Å²) in [5.41, 5.74) is 18.1. The van der Waals surface area contributed by atoms with Gasteiger partial charge in [0, 0.05) is 49.0 Å². The van der Waals surface area contributed by atoms with Crippen molar-refractivity contribution in [3.63, 3.8) is 0 Å². The van der Waals surface area contributed by atoms with Crippen LogP contribution in [-0.4, -0.2) is 23.7 Å². The van der Waals surface area contributed by atoms with Gasteiger partial charge in [-0.25, -0.2) is 9.97 Å². The minimum absolute atomic E-state index is 0.0591. The molecule has 15 rings (SSSR count). The second-order valence-electron chi connectivity index (χ2n) is 18.9. The molecule has 5 nitrogen and oxygen atoms in total. The Kier molecular flexibility index (Phi) is 7.50. The lowest BCUT2D eigenvalue weighted by atomic mass is 9.82. The average Bonchev–Trinajstić information content (AvgIpc) is 4.09. The Labute approximate surface area is 391 Å². The number of fused-ring (bicyclic) bond motifs is 15. The molecule has 0 amide bonds. The Balaban J connectivity index is 1.02. The highest BCUT2D eigenvalue weighted by molar-refractivity contribution is 6.29. The van der Waals surface area contributed by atoms with Crippen LogP contribution in [0.1, 0.15) is 25.0 Å². The fourth-order valence-electron chi connectivity index (χ4n) is 12.1. The molecule has 0 fully saturated rings. The third-order valence-electron chi connectivity index (χ3n) is 15.0. The average molecular weight is 868 g/mol. The highest BCUT2D eigenvalue weighted by Crippen LogP contribution is 2.50. The summed E-state index contributed by atoms with van der Waals surface area (Å²) in [4.78, 5) is 11.0. The van der Waals surface area contributed by atoms with Crippen LogP contribution in [0, 0.1) is 0 Å². The zero-order valence-corrected chi connectivity index (χ0v) is 37.4. The molecule has 10 aromatic carbocycles. The number of rotatable bonds is 4. The van der Waals surface area contributed by atoms with Crippen molar-refractivity contribution in [3.05, 3.63) is 223 Å². The van der Waals surface area contributed by atoms with Crippen molar-refractivity contribution in [2.45, 2.75) is 19.3 Å². The minimum Gasteiger partial charge on any atom is -0.309 e. The van der Waals surface area contributed by atoms with Crippen molar-refractivity contribution in [2.24, 2.45) is 0 Å². The van der Waals surface area contributed by atoms with Crippen molar-refractivity contribution in [1.29, 1.82) is 0 Å². The van der Waals surface area contributed by atoms with Crippen LogP contribution in [0.4, 0.5) is 0 Å². The first kappa shape index (κ1) is 37.4. The number of aromatic nitrogens is 5. The van der Waals surface area contributed by atoms with Crippen molar-refractivity contribution in [2.75, 3.05) is 0 Å². The van der Waals surface area contributed by atoms with Gasteiger partial charge in [0.05, 0.1) is 49.8 Å². The number of hydrogen-bond donors (Lipinski definition) is 0. The second kappa shape index (κ2) is 13.6. The maximum Gasteiger partial charge on any atom is 0.165 e. The molecule has 1 aliphatic carbocycles. The molecule has 4 heterocycles. The zero-order chi connectivity index (χ0) is 44.8. The van der Waals surface area contributed by atoms with Crippen molar-refractivity contribution >= 4 is 87.2 Å². The molecular weight excluding hydrogens is 827 g/mol. The SMILES string of the molecule is CC1(C)c2ccccc2-c2cc(-n3c4ccccc4c4c5c6ccccc6n(-c6cccc7c6c6ccccc6n7-c6nc7ccccc7nc6-c6cccc7ccccc67)c5ccc43)ccc21. The van der Waals surface area contributed by atoms with E-state index in [4.69, 9.17) is 9.97 Å². The van der Waals surface area contributed by atoms with Gasteiger partial charge in [0.2, 0.25) is 0 Å². The molecule has 14 aromatic rings. The highest BCUT2D eigenvalue weighted by Gasteiger charge is 2.35. The van der Waals surface area contributed by atoms with Gasteiger partial charge in [-0.15, -0.1) is 0 Å². The molecule has 1 aliphatic rings. The van der Waals surface area contributed by atoms with Gasteiger partial charge < -0.3 is 9.13 Å². The Morgan fingerprint density at radius 1 is 0.353 bits per heavy atom. The van der Waals surface area contributed by atoms with E-state index in [1.165, 1.54) is 65.9 Å². The number of hydrogen-bond acceptors (Lipinski definition) is 2. The molecule has 0 N–H and O–H groups in total. The first-order valence-electron chi connectivity index (χ1n) is 23.5. The van der Waals surface area contributed by atoms with E-state index in [1.807, 2.05) is 12.1 Å². The van der Waals surface area contributed by atoms with E-state index >= 15 is 0 Å². The van der Waals surface area contributed by atoms with E-state index in [-0.39, 0.29) is 5.41 Å². The minimum atomic E-state index is -0.0591. The van der Waals surface area contributed by atoms with E-state index in [9.17, 15) is 0 Å². The summed E-state index contributed by atoms with van der Waals surface area (Å²) < 4.78 is 7.33. The molecule has 0 unspecified atom stereocenters. The number of nitrogens with zero attached hydrogens (tertiary/aromatic N) is 5.